The van der Waals surface area contributed by atoms with Crippen LogP contribution < -0.4 is 15.5 Å². The number of fused-ring (bicyclic) bond motifs is 1. The van der Waals surface area contributed by atoms with Gasteiger partial charge in [0.25, 0.3) is 0 Å². The van der Waals surface area contributed by atoms with Crippen LogP contribution in [0.4, 0.5) is 11.5 Å². The van der Waals surface area contributed by atoms with Crippen LogP contribution in [0.2, 0.25) is 0 Å². The molecule has 1 aromatic heterocycles. The van der Waals surface area contributed by atoms with Gasteiger partial charge in [0.05, 0.1) is 5.52 Å². The standard InChI is InChI=1S/C27H33N5O2/c1-4-15-34-27(33)25-17-28-13-14-32(25)22-8-5-20(6-9-22)21-7-10-24-23(16-21)26(31-18-30-24)29-12-11-19(2)3/h4-10,16,18-19,25,28H,1,11-15,17H2,2-3H3,(H,29,30,31). The molecule has 4 rings (SSSR count). The number of anilines is 2. The van der Waals surface area contributed by atoms with Gasteiger partial charge in [-0.15, -0.1) is 0 Å². The quantitative estimate of drug-likeness (QED) is 0.366. The lowest BCUT2D eigenvalue weighted by Gasteiger charge is -2.36. The Labute approximate surface area is 201 Å². The lowest BCUT2D eigenvalue weighted by atomic mass is 10.0. The first-order chi connectivity index (χ1) is 16.6. The summed E-state index contributed by atoms with van der Waals surface area (Å²) in [6, 6.07) is 14.3. The molecule has 1 fully saturated rings. The summed E-state index contributed by atoms with van der Waals surface area (Å²) < 4.78 is 5.31. The molecule has 1 atom stereocenters. The van der Waals surface area contributed by atoms with Crippen LogP contribution in [0.15, 0.2) is 61.4 Å². The summed E-state index contributed by atoms with van der Waals surface area (Å²) in [5.74, 6) is 1.27. The van der Waals surface area contributed by atoms with Crippen LogP contribution in [-0.2, 0) is 9.53 Å². The SMILES string of the molecule is C=CCOC(=O)C1CNCCN1c1ccc(-c2ccc3ncnc(NCCC(C)C)c3c2)cc1. The summed E-state index contributed by atoms with van der Waals surface area (Å²) in [6.45, 7) is 11.3. The lowest BCUT2D eigenvalue weighted by molar-refractivity contribution is -0.144. The van der Waals surface area contributed by atoms with Gasteiger partial charge >= 0.3 is 5.97 Å². The molecule has 0 spiro atoms. The Balaban J connectivity index is 1.55. The zero-order chi connectivity index (χ0) is 23.9. The van der Waals surface area contributed by atoms with Crippen molar-refractivity contribution in [1.82, 2.24) is 15.3 Å². The Bertz CT molecular complexity index is 1130. The Morgan fingerprint density at radius 2 is 2.03 bits per heavy atom. The summed E-state index contributed by atoms with van der Waals surface area (Å²) in [4.78, 5) is 23.5. The third-order valence-corrected chi connectivity index (χ3v) is 6.04. The average Bonchev–Trinajstić information content (AvgIpc) is 2.87. The van der Waals surface area contributed by atoms with Crippen molar-refractivity contribution in [2.75, 3.05) is 43.0 Å². The van der Waals surface area contributed by atoms with Crippen LogP contribution in [0.3, 0.4) is 0 Å². The van der Waals surface area contributed by atoms with Crippen molar-refractivity contribution in [3.05, 3.63) is 61.4 Å². The average molecular weight is 460 g/mol. The van der Waals surface area contributed by atoms with E-state index in [1.807, 2.05) is 6.07 Å². The molecule has 3 aromatic rings. The molecular weight excluding hydrogens is 426 g/mol. The normalized spacial score (nSPS) is 16.0. The molecule has 34 heavy (non-hydrogen) atoms. The van der Waals surface area contributed by atoms with Crippen LogP contribution in [0, 0.1) is 5.92 Å². The minimum atomic E-state index is -0.350. The topological polar surface area (TPSA) is 79.4 Å². The summed E-state index contributed by atoms with van der Waals surface area (Å²) in [5.41, 5.74) is 4.13. The van der Waals surface area contributed by atoms with E-state index >= 15 is 0 Å². The van der Waals surface area contributed by atoms with Gasteiger partial charge in [-0.2, -0.15) is 0 Å². The van der Waals surface area contributed by atoms with Crippen LogP contribution in [0.1, 0.15) is 20.3 Å². The highest BCUT2D eigenvalue weighted by Gasteiger charge is 2.30. The van der Waals surface area contributed by atoms with E-state index in [9.17, 15) is 4.79 Å². The molecule has 0 amide bonds. The van der Waals surface area contributed by atoms with Crippen LogP contribution in [0.25, 0.3) is 22.0 Å². The third-order valence-electron chi connectivity index (χ3n) is 6.04. The summed E-state index contributed by atoms with van der Waals surface area (Å²) in [7, 11) is 0. The number of hydrogen-bond donors (Lipinski definition) is 2. The van der Waals surface area contributed by atoms with Crippen molar-refractivity contribution in [2.24, 2.45) is 5.92 Å². The monoisotopic (exact) mass is 459 g/mol. The van der Waals surface area contributed by atoms with E-state index in [2.05, 4.69) is 82.3 Å². The maximum atomic E-state index is 12.5. The first kappa shape index (κ1) is 23.7. The number of nitrogens with zero attached hydrogens (tertiary/aromatic N) is 3. The predicted octanol–water partition coefficient (Wildman–Crippen LogP) is 4.26. The molecule has 1 aliphatic rings. The highest BCUT2D eigenvalue weighted by Crippen LogP contribution is 2.29. The van der Waals surface area contributed by atoms with Crippen LogP contribution in [-0.4, -0.2) is 54.8 Å². The number of hydrogen-bond acceptors (Lipinski definition) is 7. The molecule has 1 aliphatic heterocycles. The van der Waals surface area contributed by atoms with E-state index in [0.717, 1.165) is 59.6 Å². The number of piperazine rings is 1. The molecular formula is C27H33N5O2. The zero-order valence-corrected chi connectivity index (χ0v) is 20.0. The number of esters is 1. The van der Waals surface area contributed by atoms with E-state index in [-0.39, 0.29) is 18.6 Å². The third kappa shape index (κ3) is 5.54. The number of aromatic nitrogens is 2. The molecule has 0 bridgehead atoms. The minimum Gasteiger partial charge on any atom is -0.460 e. The van der Waals surface area contributed by atoms with Crippen molar-refractivity contribution >= 4 is 28.4 Å². The molecule has 1 unspecified atom stereocenters. The highest BCUT2D eigenvalue weighted by atomic mass is 16.5. The second kappa shape index (κ2) is 11.1. The predicted molar refractivity (Wildman–Crippen MR) is 138 cm³/mol. The number of nitrogens with one attached hydrogen (secondary N) is 2. The number of benzene rings is 2. The Hall–Kier alpha value is -3.45. The van der Waals surface area contributed by atoms with Gasteiger partial charge in [-0.1, -0.05) is 44.7 Å². The molecule has 2 heterocycles. The van der Waals surface area contributed by atoms with Crippen LogP contribution in [0.5, 0.6) is 0 Å². The van der Waals surface area contributed by atoms with Gasteiger partial charge in [0, 0.05) is 37.3 Å². The van der Waals surface area contributed by atoms with Crippen molar-refractivity contribution in [1.29, 1.82) is 0 Å². The molecule has 2 aromatic carbocycles. The van der Waals surface area contributed by atoms with Crippen molar-refractivity contribution in [2.45, 2.75) is 26.3 Å². The van der Waals surface area contributed by atoms with E-state index in [1.54, 1.807) is 12.4 Å². The molecule has 0 saturated carbocycles. The van der Waals surface area contributed by atoms with Crippen molar-refractivity contribution in [3.63, 3.8) is 0 Å². The van der Waals surface area contributed by atoms with E-state index in [4.69, 9.17) is 4.74 Å². The van der Waals surface area contributed by atoms with Gasteiger partial charge in [0.15, 0.2) is 0 Å². The van der Waals surface area contributed by atoms with Gasteiger partial charge in [-0.25, -0.2) is 14.8 Å². The van der Waals surface area contributed by atoms with E-state index in [1.165, 1.54) is 0 Å². The fraction of sp³-hybridized carbons (Fsp3) is 0.370. The van der Waals surface area contributed by atoms with Gasteiger partial charge in [0.2, 0.25) is 0 Å². The van der Waals surface area contributed by atoms with E-state index < -0.39 is 0 Å². The maximum absolute atomic E-state index is 12.5. The zero-order valence-electron chi connectivity index (χ0n) is 20.0. The molecule has 0 aliphatic carbocycles. The van der Waals surface area contributed by atoms with Crippen molar-refractivity contribution < 1.29 is 9.53 Å². The maximum Gasteiger partial charge on any atom is 0.330 e. The molecule has 1 saturated heterocycles. The Morgan fingerprint density at radius 3 is 2.79 bits per heavy atom. The minimum absolute atomic E-state index is 0.224. The molecule has 7 heteroatoms. The fourth-order valence-corrected chi connectivity index (χ4v) is 4.16. The molecule has 2 N–H and O–H groups in total. The lowest BCUT2D eigenvalue weighted by Crippen LogP contribution is -2.55. The Morgan fingerprint density at radius 1 is 1.24 bits per heavy atom. The second-order valence-corrected chi connectivity index (χ2v) is 8.94. The first-order valence-corrected chi connectivity index (χ1v) is 11.9. The smallest absolute Gasteiger partial charge is 0.330 e. The van der Waals surface area contributed by atoms with Gasteiger partial charge in [-0.3, -0.25) is 0 Å². The highest BCUT2D eigenvalue weighted by molar-refractivity contribution is 5.92. The van der Waals surface area contributed by atoms with Crippen molar-refractivity contribution in [3.8, 4) is 11.1 Å². The fourth-order valence-electron chi connectivity index (χ4n) is 4.16. The number of carbonyl (C=O) groups excluding carboxylic acids is 1. The van der Waals surface area contributed by atoms with Gasteiger partial charge in [0.1, 0.15) is 24.8 Å². The first-order valence-electron chi connectivity index (χ1n) is 11.9. The molecule has 178 valence electrons. The Kier molecular flexibility index (Phi) is 7.75. The largest absolute Gasteiger partial charge is 0.460 e. The number of rotatable bonds is 9. The van der Waals surface area contributed by atoms with Gasteiger partial charge < -0.3 is 20.3 Å². The summed E-state index contributed by atoms with van der Waals surface area (Å²) >= 11 is 0. The van der Waals surface area contributed by atoms with Crippen LogP contribution >= 0.6 is 0 Å². The van der Waals surface area contributed by atoms with E-state index in [0.29, 0.717) is 12.5 Å². The summed E-state index contributed by atoms with van der Waals surface area (Å²) in [6.07, 6.45) is 4.28. The molecule has 7 nitrogen and oxygen atoms in total. The number of ether oxygens (including phenoxy) is 1. The summed E-state index contributed by atoms with van der Waals surface area (Å²) in [5, 5.41) is 7.77. The molecule has 0 radical (unpaired) electrons. The second-order valence-electron chi connectivity index (χ2n) is 8.94. The van der Waals surface area contributed by atoms with Gasteiger partial charge in [-0.05, 0) is 47.7 Å². The number of carbonyl (C=O) groups is 1.